The first-order valence-electron chi connectivity index (χ1n) is 5.09. The zero-order valence-electron chi connectivity index (χ0n) is 9.21. The molecule has 0 saturated heterocycles. The van der Waals surface area contributed by atoms with Crippen molar-refractivity contribution >= 4 is 21.9 Å². The number of benzene rings is 1. The number of rotatable bonds is 3. The molecule has 2 rings (SSSR count). The predicted molar refractivity (Wildman–Crippen MR) is 64.0 cm³/mol. The maximum Gasteiger partial charge on any atom is 0.314 e. The second-order valence-electron chi connectivity index (χ2n) is 4.17. The highest BCUT2D eigenvalue weighted by Crippen LogP contribution is 2.51. The molecular formula is C12H13BrO3. The van der Waals surface area contributed by atoms with Crippen molar-refractivity contribution in [2.24, 2.45) is 0 Å². The number of ether oxygens (including phenoxy) is 1. The van der Waals surface area contributed by atoms with Crippen molar-refractivity contribution in [1.82, 2.24) is 0 Å². The molecule has 0 heterocycles. The molecule has 0 aliphatic heterocycles. The number of aliphatic carboxylic acids is 1. The number of hydrogen-bond donors (Lipinski definition) is 1. The fourth-order valence-electron chi connectivity index (χ4n) is 1.99. The molecule has 0 aromatic heterocycles. The van der Waals surface area contributed by atoms with Crippen LogP contribution in [0.4, 0.5) is 0 Å². The Morgan fingerprint density at radius 1 is 1.50 bits per heavy atom. The third kappa shape index (κ3) is 1.61. The summed E-state index contributed by atoms with van der Waals surface area (Å²) in [4.78, 5) is 11.3. The zero-order valence-corrected chi connectivity index (χ0v) is 10.8. The quantitative estimate of drug-likeness (QED) is 0.928. The Bertz CT molecular complexity index is 450. The first-order valence-corrected chi connectivity index (χ1v) is 5.88. The standard InChI is InChI=1S/C12H13BrO3/c1-7-9(12(3-4-12)11(14)15)5-8(16-2)6-10(7)13/h5-6H,3-4H2,1-2H3,(H,14,15). The molecule has 16 heavy (non-hydrogen) atoms. The van der Waals surface area contributed by atoms with Gasteiger partial charge in [-0.25, -0.2) is 0 Å². The SMILES string of the molecule is COc1cc(Br)c(C)c(C2(C(=O)O)CC2)c1. The molecule has 0 bridgehead atoms. The van der Waals surface area contributed by atoms with Crippen LogP contribution < -0.4 is 4.74 Å². The summed E-state index contributed by atoms with van der Waals surface area (Å²) < 4.78 is 6.07. The van der Waals surface area contributed by atoms with Gasteiger partial charge in [-0.15, -0.1) is 0 Å². The van der Waals surface area contributed by atoms with Crippen LogP contribution in [0.15, 0.2) is 16.6 Å². The van der Waals surface area contributed by atoms with Gasteiger partial charge in [0, 0.05) is 4.47 Å². The van der Waals surface area contributed by atoms with Crippen molar-refractivity contribution in [2.75, 3.05) is 7.11 Å². The molecule has 3 nitrogen and oxygen atoms in total. The Kier molecular flexibility index (Phi) is 2.70. The summed E-state index contributed by atoms with van der Waals surface area (Å²) in [5.74, 6) is -0.0456. The third-order valence-corrected chi connectivity index (χ3v) is 4.05. The van der Waals surface area contributed by atoms with Crippen LogP contribution in [0.3, 0.4) is 0 Å². The van der Waals surface area contributed by atoms with E-state index in [9.17, 15) is 9.90 Å². The first-order chi connectivity index (χ1) is 7.51. The van der Waals surface area contributed by atoms with E-state index in [1.54, 1.807) is 7.11 Å². The number of carboxylic acid groups (broad SMARTS) is 1. The van der Waals surface area contributed by atoms with Crippen LogP contribution in [0.5, 0.6) is 5.75 Å². The van der Waals surface area contributed by atoms with Crippen LogP contribution in [0.25, 0.3) is 0 Å². The van der Waals surface area contributed by atoms with Crippen LogP contribution in [-0.4, -0.2) is 18.2 Å². The molecule has 86 valence electrons. The second-order valence-corrected chi connectivity index (χ2v) is 5.02. The summed E-state index contributed by atoms with van der Waals surface area (Å²) in [7, 11) is 1.58. The summed E-state index contributed by atoms with van der Waals surface area (Å²) in [5, 5.41) is 9.28. The fraction of sp³-hybridized carbons (Fsp3) is 0.417. The molecule has 0 atom stereocenters. The van der Waals surface area contributed by atoms with E-state index >= 15 is 0 Å². The van der Waals surface area contributed by atoms with Crippen molar-refractivity contribution < 1.29 is 14.6 Å². The van der Waals surface area contributed by atoms with E-state index in [1.807, 2.05) is 19.1 Å². The maximum atomic E-state index is 11.3. The average Bonchev–Trinajstić information content (AvgIpc) is 3.02. The van der Waals surface area contributed by atoms with E-state index < -0.39 is 11.4 Å². The normalized spacial score (nSPS) is 16.9. The highest BCUT2D eigenvalue weighted by molar-refractivity contribution is 9.10. The maximum absolute atomic E-state index is 11.3. The van der Waals surface area contributed by atoms with Gasteiger partial charge in [0.25, 0.3) is 0 Å². The molecule has 1 aliphatic rings. The fourth-order valence-corrected chi connectivity index (χ4v) is 2.43. The highest BCUT2D eigenvalue weighted by atomic mass is 79.9. The molecule has 4 heteroatoms. The number of carbonyl (C=O) groups is 1. The van der Waals surface area contributed by atoms with Crippen molar-refractivity contribution in [2.45, 2.75) is 25.2 Å². The van der Waals surface area contributed by atoms with Gasteiger partial charge in [0.1, 0.15) is 5.75 Å². The van der Waals surface area contributed by atoms with Gasteiger partial charge in [-0.1, -0.05) is 15.9 Å². The number of carboxylic acids is 1. The predicted octanol–water partition coefficient (Wildman–Crippen LogP) is 2.88. The minimum atomic E-state index is -0.740. The lowest BCUT2D eigenvalue weighted by molar-refractivity contribution is -0.140. The van der Waals surface area contributed by atoms with Gasteiger partial charge < -0.3 is 9.84 Å². The largest absolute Gasteiger partial charge is 0.497 e. The van der Waals surface area contributed by atoms with Gasteiger partial charge in [-0.05, 0) is 43.0 Å². The van der Waals surface area contributed by atoms with Gasteiger partial charge in [0.15, 0.2) is 0 Å². The lowest BCUT2D eigenvalue weighted by atomic mass is 9.92. The molecule has 0 spiro atoms. The van der Waals surface area contributed by atoms with E-state index in [-0.39, 0.29) is 0 Å². The summed E-state index contributed by atoms with van der Waals surface area (Å²) >= 11 is 3.43. The van der Waals surface area contributed by atoms with Crippen LogP contribution >= 0.6 is 15.9 Å². The smallest absolute Gasteiger partial charge is 0.314 e. The lowest BCUT2D eigenvalue weighted by Gasteiger charge is -2.16. The van der Waals surface area contributed by atoms with Crippen molar-refractivity contribution in [3.8, 4) is 5.75 Å². The third-order valence-electron chi connectivity index (χ3n) is 3.23. The monoisotopic (exact) mass is 284 g/mol. The Labute approximate surface area is 103 Å². The van der Waals surface area contributed by atoms with E-state index in [0.717, 1.165) is 15.6 Å². The van der Waals surface area contributed by atoms with Gasteiger partial charge in [-0.2, -0.15) is 0 Å². The summed E-state index contributed by atoms with van der Waals surface area (Å²) in [6, 6.07) is 3.69. The molecule has 0 amide bonds. The summed E-state index contributed by atoms with van der Waals surface area (Å²) in [6.07, 6.45) is 1.42. The molecule has 0 unspecified atom stereocenters. The van der Waals surface area contributed by atoms with Crippen molar-refractivity contribution in [1.29, 1.82) is 0 Å². The second kappa shape index (κ2) is 3.77. The van der Waals surface area contributed by atoms with E-state index in [4.69, 9.17) is 4.74 Å². The number of hydrogen-bond acceptors (Lipinski definition) is 2. The summed E-state index contributed by atoms with van der Waals surface area (Å²) in [6.45, 7) is 1.93. The minimum Gasteiger partial charge on any atom is -0.497 e. The van der Waals surface area contributed by atoms with E-state index in [0.29, 0.717) is 18.6 Å². The Balaban J connectivity index is 2.56. The molecule has 1 N–H and O–H groups in total. The summed E-state index contributed by atoms with van der Waals surface area (Å²) in [5.41, 5.74) is 1.17. The van der Waals surface area contributed by atoms with Gasteiger partial charge in [0.2, 0.25) is 0 Å². The lowest BCUT2D eigenvalue weighted by Crippen LogP contribution is -2.20. The number of methoxy groups -OCH3 is 1. The van der Waals surface area contributed by atoms with Crippen molar-refractivity contribution in [3.05, 3.63) is 27.7 Å². The Morgan fingerprint density at radius 2 is 2.12 bits per heavy atom. The van der Waals surface area contributed by atoms with Crippen LogP contribution in [0, 0.1) is 6.92 Å². The molecule has 1 aromatic carbocycles. The van der Waals surface area contributed by atoms with E-state index in [1.165, 1.54) is 0 Å². The van der Waals surface area contributed by atoms with Crippen LogP contribution in [0.2, 0.25) is 0 Å². The molecule has 0 radical (unpaired) electrons. The average molecular weight is 285 g/mol. The highest BCUT2D eigenvalue weighted by Gasteiger charge is 2.52. The van der Waals surface area contributed by atoms with Crippen LogP contribution in [0.1, 0.15) is 24.0 Å². The van der Waals surface area contributed by atoms with Gasteiger partial charge >= 0.3 is 5.97 Å². The first kappa shape index (κ1) is 11.5. The van der Waals surface area contributed by atoms with Crippen molar-refractivity contribution in [3.63, 3.8) is 0 Å². The molecule has 1 saturated carbocycles. The minimum absolute atomic E-state index is 0.679. The molecular weight excluding hydrogens is 272 g/mol. The topological polar surface area (TPSA) is 46.5 Å². The zero-order chi connectivity index (χ0) is 11.9. The van der Waals surface area contributed by atoms with Crippen LogP contribution in [-0.2, 0) is 10.2 Å². The molecule has 1 aromatic rings. The number of halogens is 1. The molecule has 1 fully saturated rings. The Hall–Kier alpha value is -1.03. The Morgan fingerprint density at radius 3 is 2.56 bits per heavy atom. The van der Waals surface area contributed by atoms with E-state index in [2.05, 4.69) is 15.9 Å². The molecule has 1 aliphatic carbocycles. The van der Waals surface area contributed by atoms with Gasteiger partial charge in [-0.3, -0.25) is 4.79 Å². The van der Waals surface area contributed by atoms with Gasteiger partial charge in [0.05, 0.1) is 12.5 Å².